The van der Waals surface area contributed by atoms with E-state index in [0.29, 0.717) is 25.1 Å². The molecule has 1 saturated heterocycles. The van der Waals surface area contributed by atoms with Crippen molar-refractivity contribution in [2.75, 3.05) is 24.5 Å². The number of carbonyl (C=O) groups excluding carboxylic acids is 1. The average Bonchev–Trinajstić information content (AvgIpc) is 2.52. The predicted octanol–water partition coefficient (Wildman–Crippen LogP) is 3.14. The Balaban J connectivity index is 2.11. The van der Waals surface area contributed by atoms with Gasteiger partial charge in [0.25, 0.3) is 5.69 Å². The maximum atomic E-state index is 12.2. The Hall–Kier alpha value is -2.03. The second-order valence-electron chi connectivity index (χ2n) is 5.51. The first-order chi connectivity index (χ1) is 11.2. The molecule has 0 radical (unpaired) electrons. The van der Waals surface area contributed by atoms with Gasteiger partial charge in [0.15, 0.2) is 0 Å². The molecule has 1 heterocycles. The third-order valence-electron chi connectivity index (χ3n) is 3.73. The van der Waals surface area contributed by atoms with Gasteiger partial charge in [-0.2, -0.15) is 13.2 Å². The van der Waals surface area contributed by atoms with Gasteiger partial charge in [-0.15, -0.1) is 0 Å². The van der Waals surface area contributed by atoms with Crippen LogP contribution in [0.25, 0.3) is 0 Å². The zero-order chi connectivity index (χ0) is 17.9. The number of amides is 1. The van der Waals surface area contributed by atoms with Crippen molar-refractivity contribution in [2.45, 2.75) is 19.0 Å². The molecule has 0 bridgehead atoms. The minimum Gasteiger partial charge on any atom is -0.365 e. The van der Waals surface area contributed by atoms with Gasteiger partial charge in [0.1, 0.15) is 12.2 Å². The van der Waals surface area contributed by atoms with E-state index in [1.54, 1.807) is 4.90 Å². The van der Waals surface area contributed by atoms with Gasteiger partial charge < -0.3 is 10.2 Å². The maximum Gasteiger partial charge on any atom is 0.405 e. The lowest BCUT2D eigenvalue weighted by Crippen LogP contribution is -2.45. The predicted molar refractivity (Wildman–Crippen MR) is 82.1 cm³/mol. The van der Waals surface area contributed by atoms with Crippen LogP contribution < -0.4 is 10.2 Å². The molecule has 24 heavy (non-hydrogen) atoms. The van der Waals surface area contributed by atoms with Crippen molar-refractivity contribution < 1.29 is 22.9 Å². The molecule has 0 aliphatic carbocycles. The average molecular weight is 366 g/mol. The first-order valence-corrected chi connectivity index (χ1v) is 7.58. The Morgan fingerprint density at radius 2 is 2.17 bits per heavy atom. The molecule has 1 aliphatic heterocycles. The van der Waals surface area contributed by atoms with Crippen LogP contribution in [-0.2, 0) is 4.79 Å². The van der Waals surface area contributed by atoms with E-state index in [1.165, 1.54) is 18.2 Å². The molecule has 10 heteroatoms. The number of halogens is 4. The molecule has 1 unspecified atom stereocenters. The van der Waals surface area contributed by atoms with Crippen LogP contribution in [-0.4, -0.2) is 36.6 Å². The van der Waals surface area contributed by atoms with Crippen molar-refractivity contribution in [3.05, 3.63) is 33.3 Å². The highest BCUT2D eigenvalue weighted by Crippen LogP contribution is 2.33. The molecule has 1 N–H and O–H groups in total. The van der Waals surface area contributed by atoms with Crippen LogP contribution in [0.5, 0.6) is 0 Å². The summed E-state index contributed by atoms with van der Waals surface area (Å²) < 4.78 is 36.6. The van der Waals surface area contributed by atoms with Crippen LogP contribution in [0.3, 0.4) is 0 Å². The smallest absolute Gasteiger partial charge is 0.365 e. The molecule has 0 spiro atoms. The van der Waals surface area contributed by atoms with Crippen molar-refractivity contribution in [1.29, 1.82) is 0 Å². The van der Waals surface area contributed by atoms with Crippen LogP contribution in [0.15, 0.2) is 18.2 Å². The monoisotopic (exact) mass is 365 g/mol. The van der Waals surface area contributed by atoms with Crippen LogP contribution >= 0.6 is 11.6 Å². The first-order valence-electron chi connectivity index (χ1n) is 7.21. The number of rotatable bonds is 4. The van der Waals surface area contributed by atoms with E-state index in [9.17, 15) is 28.1 Å². The summed E-state index contributed by atoms with van der Waals surface area (Å²) in [5.74, 6) is -1.36. The normalized spacial score (nSPS) is 18.3. The SMILES string of the molecule is O=C(NCC(F)(F)F)C1CCCN(c2ccc(Cl)cc2[N+](=O)[O-])C1. The second-order valence-corrected chi connectivity index (χ2v) is 5.94. The zero-order valence-electron chi connectivity index (χ0n) is 12.5. The van der Waals surface area contributed by atoms with Gasteiger partial charge in [-0.05, 0) is 25.0 Å². The van der Waals surface area contributed by atoms with Gasteiger partial charge in [0.05, 0.1) is 10.8 Å². The fourth-order valence-corrected chi connectivity index (χ4v) is 2.82. The van der Waals surface area contributed by atoms with Gasteiger partial charge in [0, 0.05) is 24.2 Å². The van der Waals surface area contributed by atoms with Gasteiger partial charge in [0.2, 0.25) is 5.91 Å². The minimum absolute atomic E-state index is 0.117. The number of carbonyl (C=O) groups is 1. The van der Waals surface area contributed by atoms with E-state index in [4.69, 9.17) is 11.6 Å². The van der Waals surface area contributed by atoms with Crippen molar-refractivity contribution in [3.63, 3.8) is 0 Å². The highest BCUT2D eigenvalue weighted by molar-refractivity contribution is 6.30. The number of nitrogens with zero attached hydrogens (tertiary/aromatic N) is 2. The van der Waals surface area contributed by atoms with Crippen molar-refractivity contribution in [3.8, 4) is 0 Å². The zero-order valence-corrected chi connectivity index (χ0v) is 13.2. The van der Waals surface area contributed by atoms with Gasteiger partial charge >= 0.3 is 6.18 Å². The molecule has 1 aromatic rings. The Kier molecular flexibility index (Phi) is 5.53. The molecule has 1 amide bonds. The molecule has 0 aromatic heterocycles. The second kappa shape index (κ2) is 7.25. The number of hydrogen-bond acceptors (Lipinski definition) is 4. The first kappa shape index (κ1) is 18.3. The van der Waals surface area contributed by atoms with Crippen LogP contribution in [0, 0.1) is 16.0 Å². The fourth-order valence-electron chi connectivity index (χ4n) is 2.65. The highest BCUT2D eigenvalue weighted by Gasteiger charge is 2.32. The highest BCUT2D eigenvalue weighted by atomic mass is 35.5. The summed E-state index contributed by atoms with van der Waals surface area (Å²) >= 11 is 5.77. The van der Waals surface area contributed by atoms with E-state index >= 15 is 0 Å². The lowest BCUT2D eigenvalue weighted by Gasteiger charge is -2.33. The number of alkyl halides is 3. The maximum absolute atomic E-state index is 12.2. The molecule has 1 aromatic carbocycles. The Morgan fingerprint density at radius 1 is 1.46 bits per heavy atom. The Labute approximate surface area is 140 Å². The van der Waals surface area contributed by atoms with Crippen molar-refractivity contribution >= 4 is 28.9 Å². The third-order valence-corrected chi connectivity index (χ3v) is 3.97. The molecular formula is C14H15ClF3N3O3. The van der Waals surface area contributed by atoms with E-state index in [2.05, 4.69) is 0 Å². The van der Waals surface area contributed by atoms with Crippen LogP contribution in [0.4, 0.5) is 24.5 Å². The molecule has 1 aliphatic rings. The van der Waals surface area contributed by atoms with Crippen molar-refractivity contribution in [2.24, 2.45) is 5.92 Å². The molecule has 0 saturated carbocycles. The summed E-state index contributed by atoms with van der Waals surface area (Å²) in [5, 5.41) is 13.2. The summed E-state index contributed by atoms with van der Waals surface area (Å²) in [6.07, 6.45) is -3.50. The molecular weight excluding hydrogens is 351 g/mol. The third kappa shape index (κ3) is 4.73. The standard InChI is InChI=1S/C14H15ClF3N3O3/c15-10-3-4-11(12(6-10)21(23)24)20-5-1-2-9(7-20)13(22)19-8-14(16,17)18/h3-4,6,9H,1-2,5,7-8H2,(H,19,22). The summed E-state index contributed by atoms with van der Waals surface area (Å²) in [6.45, 7) is -0.791. The lowest BCUT2D eigenvalue weighted by molar-refractivity contribution is -0.384. The molecule has 132 valence electrons. The summed E-state index contributed by atoms with van der Waals surface area (Å²) in [4.78, 5) is 24.1. The van der Waals surface area contributed by atoms with E-state index < -0.39 is 29.5 Å². The number of nitrogens with one attached hydrogen (secondary N) is 1. The summed E-state index contributed by atoms with van der Waals surface area (Å²) in [6, 6.07) is 4.19. The number of benzene rings is 1. The van der Waals surface area contributed by atoms with E-state index in [-0.39, 0.29) is 17.3 Å². The lowest BCUT2D eigenvalue weighted by atomic mass is 9.96. The topological polar surface area (TPSA) is 75.5 Å². The number of nitro groups is 1. The van der Waals surface area contributed by atoms with E-state index in [0.717, 1.165) is 0 Å². The van der Waals surface area contributed by atoms with Gasteiger partial charge in [-0.25, -0.2) is 0 Å². The Bertz CT molecular complexity index is 639. The largest absolute Gasteiger partial charge is 0.405 e. The molecule has 6 nitrogen and oxygen atoms in total. The number of piperidine rings is 1. The van der Waals surface area contributed by atoms with Crippen LogP contribution in [0.1, 0.15) is 12.8 Å². The molecule has 2 rings (SSSR count). The minimum atomic E-state index is -4.47. The van der Waals surface area contributed by atoms with Gasteiger partial charge in [-0.3, -0.25) is 14.9 Å². The quantitative estimate of drug-likeness (QED) is 0.657. The molecule has 1 atom stereocenters. The fraction of sp³-hybridized carbons (Fsp3) is 0.500. The van der Waals surface area contributed by atoms with Crippen LogP contribution in [0.2, 0.25) is 5.02 Å². The number of hydrogen-bond donors (Lipinski definition) is 1. The number of anilines is 1. The van der Waals surface area contributed by atoms with Gasteiger partial charge in [-0.1, -0.05) is 11.6 Å². The summed E-state index contributed by atoms with van der Waals surface area (Å²) in [7, 11) is 0. The van der Waals surface area contributed by atoms with E-state index in [1.807, 2.05) is 5.32 Å². The molecule has 1 fully saturated rings. The Morgan fingerprint density at radius 3 is 2.79 bits per heavy atom. The number of nitro benzene ring substituents is 1. The summed E-state index contributed by atoms with van der Waals surface area (Å²) in [5.41, 5.74) is 0.108. The van der Waals surface area contributed by atoms with Crippen molar-refractivity contribution in [1.82, 2.24) is 5.32 Å².